The highest BCUT2D eigenvalue weighted by Crippen LogP contribution is 2.34. The van der Waals surface area contributed by atoms with Gasteiger partial charge in [-0.05, 0) is 51.0 Å². The minimum Gasteiger partial charge on any atom is -0.380 e. The zero-order valence-electron chi connectivity index (χ0n) is 10.8. The molecule has 1 N–H and O–H groups in total. The Morgan fingerprint density at radius 2 is 1.80 bits per heavy atom. The Morgan fingerprint density at radius 3 is 2.27 bits per heavy atom. The first kappa shape index (κ1) is 13.0. The molecular weight excluding hydrogens is 186 g/mol. The van der Waals surface area contributed by atoms with Crippen molar-refractivity contribution in [2.45, 2.75) is 46.1 Å². The van der Waals surface area contributed by atoms with Crippen LogP contribution >= 0.6 is 0 Å². The predicted molar refractivity (Wildman–Crippen MR) is 65.0 cm³/mol. The molecule has 1 rings (SSSR count). The smallest absolute Gasteiger partial charge is 0.0622 e. The van der Waals surface area contributed by atoms with Gasteiger partial charge in [-0.1, -0.05) is 13.8 Å². The molecule has 1 fully saturated rings. The lowest BCUT2D eigenvalue weighted by atomic mass is 9.74. The number of rotatable bonds is 5. The second kappa shape index (κ2) is 6.49. The fourth-order valence-electron chi connectivity index (χ4n) is 3.04. The summed E-state index contributed by atoms with van der Waals surface area (Å²) in [5.74, 6) is 2.58. The Morgan fingerprint density at radius 1 is 1.20 bits per heavy atom. The van der Waals surface area contributed by atoms with Crippen LogP contribution in [0.4, 0.5) is 0 Å². The first-order valence-corrected chi connectivity index (χ1v) is 6.42. The number of nitrogens with one attached hydrogen (secondary N) is 1. The van der Waals surface area contributed by atoms with Crippen molar-refractivity contribution in [2.24, 2.45) is 17.8 Å². The summed E-state index contributed by atoms with van der Waals surface area (Å²) in [5.41, 5.74) is 0. The van der Waals surface area contributed by atoms with E-state index >= 15 is 0 Å². The van der Waals surface area contributed by atoms with Gasteiger partial charge in [0.05, 0.1) is 6.61 Å². The minimum absolute atomic E-state index is 0.551. The highest BCUT2D eigenvalue weighted by molar-refractivity contribution is 4.83. The van der Waals surface area contributed by atoms with Crippen molar-refractivity contribution in [1.82, 2.24) is 5.32 Å². The largest absolute Gasteiger partial charge is 0.380 e. The number of likely N-dealkylation sites (N-methyl/N-ethyl adjacent to an activating group) is 1. The molecule has 0 spiro atoms. The first-order valence-electron chi connectivity index (χ1n) is 6.42. The van der Waals surface area contributed by atoms with Crippen LogP contribution in [-0.2, 0) is 4.74 Å². The summed E-state index contributed by atoms with van der Waals surface area (Å²) in [4.78, 5) is 0. The molecule has 2 nitrogen and oxygen atoms in total. The lowest BCUT2D eigenvalue weighted by molar-refractivity contribution is 0.0804. The molecule has 1 aliphatic rings. The van der Waals surface area contributed by atoms with Crippen molar-refractivity contribution in [2.75, 3.05) is 20.3 Å². The third kappa shape index (κ3) is 4.12. The van der Waals surface area contributed by atoms with Gasteiger partial charge in [0.2, 0.25) is 0 Å². The summed E-state index contributed by atoms with van der Waals surface area (Å²) >= 11 is 0. The summed E-state index contributed by atoms with van der Waals surface area (Å²) in [6, 6.07) is 0.551. The van der Waals surface area contributed by atoms with E-state index in [9.17, 15) is 0 Å². The second-order valence-corrected chi connectivity index (χ2v) is 5.23. The molecule has 0 aromatic heterocycles. The Bertz CT molecular complexity index is 162. The molecule has 0 amide bonds. The third-order valence-electron chi connectivity index (χ3n) is 3.66. The van der Waals surface area contributed by atoms with Crippen LogP contribution in [0.2, 0.25) is 0 Å². The molecule has 0 bridgehead atoms. The molecule has 0 heterocycles. The third-order valence-corrected chi connectivity index (χ3v) is 3.66. The highest BCUT2D eigenvalue weighted by atomic mass is 16.5. The molecule has 90 valence electrons. The van der Waals surface area contributed by atoms with Gasteiger partial charge in [-0.2, -0.15) is 0 Å². The average Bonchev–Trinajstić information content (AvgIpc) is 2.17. The molecular formula is C13H27NO. The molecule has 2 heteroatoms. The van der Waals surface area contributed by atoms with Crippen molar-refractivity contribution >= 4 is 0 Å². The maximum Gasteiger partial charge on any atom is 0.0622 e. The van der Waals surface area contributed by atoms with Crippen LogP contribution < -0.4 is 5.32 Å². The van der Waals surface area contributed by atoms with Gasteiger partial charge < -0.3 is 10.1 Å². The van der Waals surface area contributed by atoms with Gasteiger partial charge in [-0.15, -0.1) is 0 Å². The van der Waals surface area contributed by atoms with Crippen molar-refractivity contribution in [3.05, 3.63) is 0 Å². The maximum absolute atomic E-state index is 5.55. The van der Waals surface area contributed by atoms with E-state index in [1.54, 1.807) is 0 Å². The Kier molecular flexibility index (Phi) is 5.62. The molecule has 1 aliphatic carbocycles. The van der Waals surface area contributed by atoms with E-state index in [0.29, 0.717) is 6.04 Å². The molecule has 0 saturated heterocycles. The lowest BCUT2D eigenvalue weighted by Gasteiger charge is -2.36. The van der Waals surface area contributed by atoms with Crippen LogP contribution in [0.3, 0.4) is 0 Å². The highest BCUT2D eigenvalue weighted by Gasteiger charge is 2.29. The molecule has 0 aliphatic heterocycles. The number of hydrogen-bond acceptors (Lipinski definition) is 2. The maximum atomic E-state index is 5.55. The predicted octanol–water partition coefficient (Wildman–Crippen LogP) is 2.68. The van der Waals surface area contributed by atoms with E-state index in [0.717, 1.165) is 31.0 Å². The average molecular weight is 213 g/mol. The van der Waals surface area contributed by atoms with E-state index in [1.165, 1.54) is 19.3 Å². The van der Waals surface area contributed by atoms with Gasteiger partial charge in [0.1, 0.15) is 0 Å². The van der Waals surface area contributed by atoms with Crippen LogP contribution in [0.15, 0.2) is 0 Å². The molecule has 1 saturated carbocycles. The van der Waals surface area contributed by atoms with Crippen molar-refractivity contribution in [1.29, 1.82) is 0 Å². The SMILES string of the molecule is CCOCC(NC)C1CC(C)CC(C)C1. The molecule has 0 aromatic carbocycles. The Labute approximate surface area is 94.8 Å². The van der Waals surface area contributed by atoms with Crippen LogP contribution in [0.1, 0.15) is 40.0 Å². The van der Waals surface area contributed by atoms with Gasteiger partial charge in [0.25, 0.3) is 0 Å². The number of ether oxygens (including phenoxy) is 1. The molecule has 3 unspecified atom stereocenters. The van der Waals surface area contributed by atoms with Crippen molar-refractivity contribution < 1.29 is 4.74 Å². The summed E-state index contributed by atoms with van der Waals surface area (Å²) in [6.45, 7) is 8.54. The van der Waals surface area contributed by atoms with Gasteiger partial charge in [-0.25, -0.2) is 0 Å². The Balaban J connectivity index is 2.43. The minimum atomic E-state index is 0.551. The second-order valence-electron chi connectivity index (χ2n) is 5.23. The van der Waals surface area contributed by atoms with Gasteiger partial charge in [0, 0.05) is 12.6 Å². The quantitative estimate of drug-likeness (QED) is 0.758. The summed E-state index contributed by atoms with van der Waals surface area (Å²) in [7, 11) is 2.06. The van der Waals surface area contributed by atoms with E-state index < -0.39 is 0 Å². The zero-order chi connectivity index (χ0) is 11.3. The first-order chi connectivity index (χ1) is 7.17. The molecule has 0 radical (unpaired) electrons. The fraction of sp³-hybridized carbons (Fsp3) is 1.00. The summed E-state index contributed by atoms with van der Waals surface area (Å²) < 4.78 is 5.55. The molecule has 0 aromatic rings. The normalized spacial score (nSPS) is 34.0. The van der Waals surface area contributed by atoms with Crippen LogP contribution in [0, 0.1) is 17.8 Å². The monoisotopic (exact) mass is 213 g/mol. The Hall–Kier alpha value is -0.0800. The lowest BCUT2D eigenvalue weighted by Crippen LogP contribution is -2.41. The fourth-order valence-corrected chi connectivity index (χ4v) is 3.04. The molecule has 3 atom stereocenters. The van der Waals surface area contributed by atoms with E-state index in [2.05, 4.69) is 33.1 Å². The van der Waals surface area contributed by atoms with E-state index in [-0.39, 0.29) is 0 Å². The standard InChI is InChI=1S/C13H27NO/c1-5-15-9-13(14-4)12-7-10(2)6-11(3)8-12/h10-14H,5-9H2,1-4H3. The number of hydrogen-bond donors (Lipinski definition) is 1. The zero-order valence-corrected chi connectivity index (χ0v) is 10.8. The van der Waals surface area contributed by atoms with Crippen LogP contribution in [-0.4, -0.2) is 26.3 Å². The topological polar surface area (TPSA) is 21.3 Å². The molecule has 15 heavy (non-hydrogen) atoms. The van der Waals surface area contributed by atoms with Gasteiger partial charge in [0.15, 0.2) is 0 Å². The van der Waals surface area contributed by atoms with Gasteiger partial charge >= 0.3 is 0 Å². The van der Waals surface area contributed by atoms with Crippen LogP contribution in [0.5, 0.6) is 0 Å². The van der Waals surface area contributed by atoms with E-state index in [1.807, 2.05) is 0 Å². The van der Waals surface area contributed by atoms with Crippen molar-refractivity contribution in [3.63, 3.8) is 0 Å². The van der Waals surface area contributed by atoms with Crippen molar-refractivity contribution in [3.8, 4) is 0 Å². The van der Waals surface area contributed by atoms with Crippen LogP contribution in [0.25, 0.3) is 0 Å². The summed E-state index contributed by atoms with van der Waals surface area (Å²) in [6.07, 6.45) is 4.13. The van der Waals surface area contributed by atoms with Gasteiger partial charge in [-0.3, -0.25) is 0 Å². The summed E-state index contributed by atoms with van der Waals surface area (Å²) in [5, 5.41) is 3.42. The van der Waals surface area contributed by atoms with E-state index in [4.69, 9.17) is 4.74 Å².